The van der Waals surface area contributed by atoms with Crippen LogP contribution in [0.25, 0.3) is 0 Å². The summed E-state index contributed by atoms with van der Waals surface area (Å²) < 4.78 is 5.31. The molecule has 4 N–H and O–H groups in total. The molecule has 0 radical (unpaired) electrons. The summed E-state index contributed by atoms with van der Waals surface area (Å²) >= 11 is 0. The van der Waals surface area contributed by atoms with Crippen LogP contribution in [0.15, 0.2) is 12.1 Å². The van der Waals surface area contributed by atoms with E-state index in [0.29, 0.717) is 17.1 Å². The van der Waals surface area contributed by atoms with E-state index in [2.05, 4.69) is 17.6 Å². The van der Waals surface area contributed by atoms with Gasteiger partial charge in [0.05, 0.1) is 17.1 Å². The van der Waals surface area contributed by atoms with E-state index in [0.717, 1.165) is 18.7 Å². The Balaban J connectivity index is 1.97. The molecule has 0 fully saturated rings. The molecule has 0 saturated heterocycles. The zero-order valence-corrected chi connectivity index (χ0v) is 11.3. The van der Waals surface area contributed by atoms with Gasteiger partial charge in [0.1, 0.15) is 5.75 Å². The zero-order valence-electron chi connectivity index (χ0n) is 11.3. The molecule has 5 nitrogen and oxygen atoms in total. The first-order valence-corrected chi connectivity index (χ1v) is 6.80. The molecule has 0 bridgehead atoms. The number of hydrogen-bond donors (Lipinski definition) is 3. The van der Waals surface area contributed by atoms with Crippen LogP contribution >= 0.6 is 0 Å². The number of amides is 1. The van der Waals surface area contributed by atoms with Gasteiger partial charge in [-0.15, -0.1) is 0 Å². The lowest BCUT2D eigenvalue weighted by atomic mass is 10.2. The minimum absolute atomic E-state index is 0.0518. The Morgan fingerprint density at radius 1 is 1.37 bits per heavy atom. The number of hydrogen-bond acceptors (Lipinski definition) is 4. The predicted molar refractivity (Wildman–Crippen MR) is 77.6 cm³/mol. The molecule has 1 aromatic rings. The van der Waals surface area contributed by atoms with Gasteiger partial charge < -0.3 is 21.1 Å². The van der Waals surface area contributed by atoms with E-state index in [1.54, 1.807) is 6.07 Å². The van der Waals surface area contributed by atoms with E-state index < -0.39 is 0 Å². The van der Waals surface area contributed by atoms with Gasteiger partial charge in [-0.05, 0) is 12.5 Å². The fourth-order valence-electron chi connectivity index (χ4n) is 2.07. The van der Waals surface area contributed by atoms with Gasteiger partial charge in [-0.2, -0.15) is 0 Å². The Morgan fingerprint density at radius 2 is 2.21 bits per heavy atom. The van der Waals surface area contributed by atoms with E-state index in [4.69, 9.17) is 10.5 Å². The molecule has 0 atom stereocenters. The van der Waals surface area contributed by atoms with Gasteiger partial charge in [-0.25, -0.2) is 0 Å². The summed E-state index contributed by atoms with van der Waals surface area (Å²) in [5.74, 6) is 0.500. The van der Waals surface area contributed by atoms with Crippen LogP contribution in [0, 0.1) is 0 Å². The van der Waals surface area contributed by atoms with Gasteiger partial charge in [0.2, 0.25) is 0 Å². The average Bonchev–Trinajstić information content (AvgIpc) is 2.39. The highest BCUT2D eigenvalue weighted by Crippen LogP contribution is 2.35. The second kappa shape index (κ2) is 6.31. The number of benzene rings is 1. The third-order valence-corrected chi connectivity index (χ3v) is 3.13. The third kappa shape index (κ3) is 3.53. The van der Waals surface area contributed by atoms with Crippen molar-refractivity contribution in [3.8, 4) is 5.75 Å². The Hall–Kier alpha value is -1.91. The molecule has 5 heteroatoms. The van der Waals surface area contributed by atoms with Crippen molar-refractivity contribution < 1.29 is 9.53 Å². The molecule has 104 valence electrons. The molecule has 2 rings (SSSR count). The van der Waals surface area contributed by atoms with Crippen molar-refractivity contribution in [2.24, 2.45) is 0 Å². The van der Waals surface area contributed by atoms with Crippen LogP contribution in [-0.2, 0) is 4.79 Å². The number of unbranched alkanes of at least 4 members (excludes halogenated alkanes) is 3. The van der Waals surface area contributed by atoms with Crippen LogP contribution in [0.4, 0.5) is 17.1 Å². The van der Waals surface area contributed by atoms with Crippen LogP contribution in [0.2, 0.25) is 0 Å². The van der Waals surface area contributed by atoms with Crippen molar-refractivity contribution in [3.05, 3.63) is 12.1 Å². The van der Waals surface area contributed by atoms with E-state index in [1.165, 1.54) is 19.3 Å². The lowest BCUT2D eigenvalue weighted by Gasteiger charge is -2.20. The van der Waals surface area contributed by atoms with Gasteiger partial charge in [-0.3, -0.25) is 4.79 Å². The lowest BCUT2D eigenvalue weighted by molar-refractivity contribution is -0.118. The summed E-state index contributed by atoms with van der Waals surface area (Å²) in [5, 5.41) is 6.08. The van der Waals surface area contributed by atoms with Gasteiger partial charge in [0, 0.05) is 12.6 Å². The molecule has 1 amide bonds. The molecule has 0 spiro atoms. The van der Waals surface area contributed by atoms with Crippen molar-refractivity contribution in [3.63, 3.8) is 0 Å². The molecule has 0 aliphatic carbocycles. The van der Waals surface area contributed by atoms with Gasteiger partial charge in [0.25, 0.3) is 5.91 Å². The number of anilines is 3. The minimum atomic E-state index is -0.133. The monoisotopic (exact) mass is 263 g/mol. The summed E-state index contributed by atoms with van der Waals surface area (Å²) in [5.41, 5.74) is 8.14. The number of nitrogen functional groups attached to an aromatic ring is 1. The normalized spacial score (nSPS) is 13.4. The Morgan fingerprint density at radius 3 is 3.00 bits per heavy atom. The van der Waals surface area contributed by atoms with Crippen molar-refractivity contribution in [1.29, 1.82) is 0 Å². The van der Waals surface area contributed by atoms with Crippen LogP contribution in [0.1, 0.15) is 32.6 Å². The lowest BCUT2D eigenvalue weighted by Crippen LogP contribution is -2.25. The molecular weight excluding hydrogens is 242 g/mol. The number of carbonyl (C=O) groups excluding carboxylic acids is 1. The highest BCUT2D eigenvalue weighted by atomic mass is 16.5. The van der Waals surface area contributed by atoms with Crippen molar-refractivity contribution in [2.75, 3.05) is 29.5 Å². The fraction of sp³-hybridized carbons (Fsp3) is 0.500. The standard InChI is InChI=1S/C14H21N3O2/c1-2-3-4-5-6-16-11-8-12-13(7-10(11)15)19-9-14(18)17-12/h7-8,16H,2-6,9,15H2,1H3,(H,17,18). The zero-order chi connectivity index (χ0) is 13.7. The third-order valence-electron chi connectivity index (χ3n) is 3.13. The van der Waals surface area contributed by atoms with Crippen LogP contribution < -0.4 is 21.1 Å². The quantitative estimate of drug-likeness (QED) is 0.544. The summed E-state index contributed by atoms with van der Waals surface area (Å²) in [6, 6.07) is 3.59. The van der Waals surface area contributed by atoms with Crippen molar-refractivity contribution in [1.82, 2.24) is 0 Å². The van der Waals surface area contributed by atoms with Crippen LogP contribution in [-0.4, -0.2) is 19.1 Å². The van der Waals surface area contributed by atoms with Gasteiger partial charge in [0.15, 0.2) is 6.61 Å². The molecule has 1 aliphatic rings. The topological polar surface area (TPSA) is 76.4 Å². The molecule has 1 aliphatic heterocycles. The maximum absolute atomic E-state index is 11.3. The smallest absolute Gasteiger partial charge is 0.262 e. The Kier molecular flexibility index (Phi) is 4.49. The number of nitrogens with one attached hydrogen (secondary N) is 2. The predicted octanol–water partition coefficient (Wildman–Crippen LogP) is 2.59. The summed E-state index contributed by atoms with van der Waals surface area (Å²) in [6.45, 7) is 3.13. The minimum Gasteiger partial charge on any atom is -0.482 e. The molecule has 0 aromatic heterocycles. The molecular formula is C14H21N3O2. The second-order valence-electron chi connectivity index (χ2n) is 4.76. The van der Waals surface area contributed by atoms with Crippen molar-refractivity contribution >= 4 is 23.0 Å². The number of ether oxygens (including phenoxy) is 1. The van der Waals surface area contributed by atoms with Crippen LogP contribution in [0.3, 0.4) is 0 Å². The molecule has 0 saturated carbocycles. The SMILES string of the molecule is CCCCCCNc1cc2c(cc1N)OCC(=O)N2. The molecule has 0 unspecified atom stereocenters. The largest absolute Gasteiger partial charge is 0.482 e. The first-order chi connectivity index (χ1) is 9.20. The fourth-order valence-corrected chi connectivity index (χ4v) is 2.07. The number of fused-ring (bicyclic) bond motifs is 1. The number of rotatable bonds is 6. The Labute approximate surface area is 113 Å². The maximum atomic E-state index is 11.3. The molecule has 1 heterocycles. The highest BCUT2D eigenvalue weighted by molar-refractivity contribution is 5.97. The maximum Gasteiger partial charge on any atom is 0.262 e. The Bertz CT molecular complexity index is 460. The first kappa shape index (κ1) is 13.5. The van der Waals surface area contributed by atoms with Gasteiger partial charge in [-0.1, -0.05) is 26.2 Å². The second-order valence-corrected chi connectivity index (χ2v) is 4.76. The molecule has 19 heavy (non-hydrogen) atoms. The number of nitrogens with two attached hydrogens (primary N) is 1. The summed E-state index contributed by atoms with van der Waals surface area (Å²) in [6.07, 6.45) is 4.82. The highest BCUT2D eigenvalue weighted by Gasteiger charge is 2.17. The van der Waals surface area contributed by atoms with E-state index in [-0.39, 0.29) is 12.5 Å². The summed E-state index contributed by atoms with van der Waals surface area (Å²) in [4.78, 5) is 11.3. The average molecular weight is 263 g/mol. The van der Waals surface area contributed by atoms with Crippen LogP contribution in [0.5, 0.6) is 5.75 Å². The van der Waals surface area contributed by atoms with E-state index in [9.17, 15) is 4.79 Å². The van der Waals surface area contributed by atoms with E-state index in [1.807, 2.05) is 6.07 Å². The first-order valence-electron chi connectivity index (χ1n) is 6.80. The van der Waals surface area contributed by atoms with Gasteiger partial charge >= 0.3 is 0 Å². The number of carbonyl (C=O) groups is 1. The van der Waals surface area contributed by atoms with Crippen molar-refractivity contribution in [2.45, 2.75) is 32.6 Å². The van der Waals surface area contributed by atoms with E-state index >= 15 is 0 Å². The summed E-state index contributed by atoms with van der Waals surface area (Å²) in [7, 11) is 0. The molecule has 1 aromatic carbocycles.